The highest BCUT2D eigenvalue weighted by molar-refractivity contribution is 5.95. The van der Waals surface area contributed by atoms with Crippen molar-refractivity contribution in [2.75, 3.05) is 13.1 Å². The molecule has 4 rings (SSSR count). The Balaban J connectivity index is 1.60. The molecule has 1 aliphatic rings. The van der Waals surface area contributed by atoms with Crippen molar-refractivity contribution in [1.29, 1.82) is 0 Å². The van der Waals surface area contributed by atoms with Crippen LogP contribution in [0.3, 0.4) is 0 Å². The molecule has 1 fully saturated rings. The zero-order valence-electron chi connectivity index (χ0n) is 16.6. The van der Waals surface area contributed by atoms with Gasteiger partial charge >= 0.3 is 5.97 Å². The van der Waals surface area contributed by atoms with Crippen molar-refractivity contribution in [3.8, 4) is 0 Å². The van der Waals surface area contributed by atoms with Crippen molar-refractivity contribution in [2.24, 2.45) is 0 Å². The Hall–Kier alpha value is -3.22. The second kappa shape index (κ2) is 8.03. The number of pyridine rings is 1. The van der Waals surface area contributed by atoms with Gasteiger partial charge in [-0.3, -0.25) is 4.79 Å². The SMILES string of the molecule is CC(C)n1ncc2cc(C(=O)O[C@@H](C(=O)N3CCCC3)c3ccccc3)cnc21. The van der Waals surface area contributed by atoms with E-state index in [1.807, 2.05) is 32.0 Å². The lowest BCUT2D eigenvalue weighted by molar-refractivity contribution is -0.140. The summed E-state index contributed by atoms with van der Waals surface area (Å²) in [6.45, 7) is 5.43. The molecule has 1 aromatic carbocycles. The summed E-state index contributed by atoms with van der Waals surface area (Å²) in [6, 6.07) is 11.0. The number of hydrogen-bond acceptors (Lipinski definition) is 5. The summed E-state index contributed by atoms with van der Waals surface area (Å²) in [6.07, 6.45) is 4.15. The number of likely N-dealkylation sites (tertiary alicyclic amines) is 1. The molecule has 0 aliphatic carbocycles. The summed E-state index contributed by atoms with van der Waals surface area (Å²) in [5.74, 6) is -0.748. The first-order valence-corrected chi connectivity index (χ1v) is 9.92. The highest BCUT2D eigenvalue weighted by Gasteiger charge is 2.31. The molecular weight excluding hydrogens is 368 g/mol. The van der Waals surface area contributed by atoms with E-state index in [0.29, 0.717) is 29.9 Å². The zero-order chi connectivity index (χ0) is 20.4. The molecule has 1 saturated heterocycles. The van der Waals surface area contributed by atoms with Crippen LogP contribution in [-0.2, 0) is 9.53 Å². The van der Waals surface area contributed by atoms with E-state index in [1.54, 1.807) is 34.0 Å². The van der Waals surface area contributed by atoms with Gasteiger partial charge in [0, 0.05) is 36.3 Å². The largest absolute Gasteiger partial charge is 0.444 e. The van der Waals surface area contributed by atoms with Gasteiger partial charge < -0.3 is 9.64 Å². The molecule has 0 N–H and O–H groups in total. The average molecular weight is 392 g/mol. The Morgan fingerprint density at radius 3 is 2.48 bits per heavy atom. The van der Waals surface area contributed by atoms with Gasteiger partial charge in [-0.05, 0) is 32.8 Å². The van der Waals surface area contributed by atoms with Crippen LogP contribution in [0.4, 0.5) is 0 Å². The molecule has 1 aliphatic heterocycles. The van der Waals surface area contributed by atoms with Gasteiger partial charge in [-0.2, -0.15) is 5.10 Å². The van der Waals surface area contributed by atoms with Crippen LogP contribution in [-0.4, -0.2) is 44.6 Å². The molecule has 2 aromatic heterocycles. The Morgan fingerprint density at radius 1 is 1.07 bits per heavy atom. The molecule has 29 heavy (non-hydrogen) atoms. The van der Waals surface area contributed by atoms with Gasteiger partial charge in [-0.15, -0.1) is 0 Å². The Morgan fingerprint density at radius 2 is 1.79 bits per heavy atom. The smallest absolute Gasteiger partial charge is 0.340 e. The van der Waals surface area contributed by atoms with Crippen LogP contribution in [0.1, 0.15) is 54.8 Å². The van der Waals surface area contributed by atoms with Gasteiger partial charge in [0.1, 0.15) is 0 Å². The number of esters is 1. The van der Waals surface area contributed by atoms with Gasteiger partial charge in [-0.1, -0.05) is 30.3 Å². The fraction of sp³-hybridized carbons (Fsp3) is 0.364. The van der Waals surface area contributed by atoms with E-state index in [9.17, 15) is 9.59 Å². The van der Waals surface area contributed by atoms with Crippen LogP contribution < -0.4 is 0 Å². The standard InChI is InChI=1S/C22H24N4O3/c1-15(2)26-20-17(14-24-26)12-18(13-23-20)22(28)29-19(16-8-4-3-5-9-16)21(27)25-10-6-7-11-25/h3-5,8-9,12-15,19H,6-7,10-11H2,1-2H3/t19-/m1/s1. The number of nitrogens with zero attached hydrogens (tertiary/aromatic N) is 4. The fourth-order valence-electron chi connectivity index (χ4n) is 3.60. The zero-order valence-corrected chi connectivity index (χ0v) is 16.6. The first-order valence-electron chi connectivity index (χ1n) is 9.92. The molecule has 3 heterocycles. The Labute approximate surface area is 169 Å². The minimum atomic E-state index is -0.962. The molecule has 0 bridgehead atoms. The van der Waals surface area contributed by atoms with E-state index in [4.69, 9.17) is 4.74 Å². The summed E-state index contributed by atoms with van der Waals surface area (Å²) in [4.78, 5) is 32.0. The van der Waals surface area contributed by atoms with Crippen molar-refractivity contribution < 1.29 is 14.3 Å². The first-order chi connectivity index (χ1) is 14.0. The van der Waals surface area contributed by atoms with E-state index < -0.39 is 12.1 Å². The highest BCUT2D eigenvalue weighted by atomic mass is 16.5. The van der Waals surface area contributed by atoms with Crippen LogP contribution in [0.25, 0.3) is 11.0 Å². The number of carbonyl (C=O) groups excluding carboxylic acids is 2. The molecule has 7 nitrogen and oxygen atoms in total. The van der Waals surface area contributed by atoms with Gasteiger partial charge in [0.15, 0.2) is 5.65 Å². The maximum Gasteiger partial charge on any atom is 0.340 e. The third-order valence-corrected chi connectivity index (χ3v) is 5.13. The quantitative estimate of drug-likeness (QED) is 0.621. The molecule has 1 atom stereocenters. The Bertz CT molecular complexity index is 1020. The van der Waals surface area contributed by atoms with Crippen LogP contribution in [0.2, 0.25) is 0 Å². The fourth-order valence-corrected chi connectivity index (χ4v) is 3.60. The lowest BCUT2D eigenvalue weighted by Crippen LogP contribution is -2.34. The molecule has 1 amide bonds. The monoisotopic (exact) mass is 392 g/mol. The summed E-state index contributed by atoms with van der Waals surface area (Å²) in [5.41, 5.74) is 1.68. The van der Waals surface area contributed by atoms with E-state index in [0.717, 1.165) is 18.2 Å². The molecule has 0 saturated carbocycles. The number of fused-ring (bicyclic) bond motifs is 1. The minimum Gasteiger partial charge on any atom is -0.444 e. The summed E-state index contributed by atoms with van der Waals surface area (Å²) >= 11 is 0. The van der Waals surface area contributed by atoms with Crippen molar-refractivity contribution >= 4 is 22.9 Å². The lowest BCUT2D eigenvalue weighted by Gasteiger charge is -2.23. The number of ether oxygens (including phenoxy) is 1. The normalized spacial score (nSPS) is 15.1. The number of aromatic nitrogens is 3. The molecule has 3 aromatic rings. The molecule has 0 unspecified atom stereocenters. The van der Waals surface area contributed by atoms with E-state index >= 15 is 0 Å². The highest BCUT2D eigenvalue weighted by Crippen LogP contribution is 2.25. The van der Waals surface area contributed by atoms with Crippen molar-refractivity contribution in [2.45, 2.75) is 38.8 Å². The predicted molar refractivity (Wildman–Crippen MR) is 108 cm³/mol. The number of rotatable bonds is 5. The van der Waals surface area contributed by atoms with Gasteiger partial charge in [0.05, 0.1) is 11.8 Å². The molecule has 0 spiro atoms. The van der Waals surface area contributed by atoms with Crippen LogP contribution in [0, 0.1) is 0 Å². The van der Waals surface area contributed by atoms with E-state index in [-0.39, 0.29) is 11.9 Å². The third-order valence-electron chi connectivity index (χ3n) is 5.13. The molecular formula is C22H24N4O3. The van der Waals surface area contributed by atoms with Crippen LogP contribution >= 0.6 is 0 Å². The number of benzene rings is 1. The molecule has 0 radical (unpaired) electrons. The van der Waals surface area contributed by atoms with Gasteiger partial charge in [0.2, 0.25) is 6.10 Å². The Kier molecular flexibility index (Phi) is 5.29. The van der Waals surface area contributed by atoms with Gasteiger partial charge in [-0.25, -0.2) is 14.5 Å². The van der Waals surface area contributed by atoms with Crippen molar-refractivity contribution in [1.82, 2.24) is 19.7 Å². The lowest BCUT2D eigenvalue weighted by atomic mass is 10.1. The summed E-state index contributed by atoms with van der Waals surface area (Å²) in [7, 11) is 0. The van der Waals surface area contributed by atoms with Gasteiger partial charge in [0.25, 0.3) is 5.91 Å². The number of hydrogen-bond donors (Lipinski definition) is 0. The topological polar surface area (TPSA) is 77.3 Å². The van der Waals surface area contributed by atoms with Crippen molar-refractivity contribution in [3.05, 3.63) is 59.9 Å². The molecule has 7 heteroatoms. The first kappa shape index (κ1) is 19.1. The number of carbonyl (C=O) groups is 2. The van der Waals surface area contributed by atoms with E-state index in [2.05, 4.69) is 10.1 Å². The number of amides is 1. The summed E-state index contributed by atoms with van der Waals surface area (Å²) < 4.78 is 7.50. The average Bonchev–Trinajstić information content (AvgIpc) is 3.41. The predicted octanol–water partition coefficient (Wildman–Crippen LogP) is 3.53. The van der Waals surface area contributed by atoms with Crippen LogP contribution in [0.15, 0.2) is 48.8 Å². The van der Waals surface area contributed by atoms with Crippen LogP contribution in [0.5, 0.6) is 0 Å². The minimum absolute atomic E-state index is 0.165. The summed E-state index contributed by atoms with van der Waals surface area (Å²) in [5, 5.41) is 5.09. The molecule has 150 valence electrons. The maximum absolute atomic E-state index is 13.0. The maximum atomic E-state index is 13.0. The van der Waals surface area contributed by atoms with E-state index in [1.165, 1.54) is 6.20 Å². The second-order valence-electron chi connectivity index (χ2n) is 7.55. The second-order valence-corrected chi connectivity index (χ2v) is 7.55. The van der Waals surface area contributed by atoms with Crippen molar-refractivity contribution in [3.63, 3.8) is 0 Å². The third kappa shape index (κ3) is 3.85.